The van der Waals surface area contributed by atoms with Gasteiger partial charge in [-0.3, -0.25) is 0 Å². The van der Waals surface area contributed by atoms with Crippen LogP contribution in [0, 0.1) is 0 Å². The number of hydrogen-bond donors (Lipinski definition) is 1. The first kappa shape index (κ1) is 20.8. The summed E-state index contributed by atoms with van der Waals surface area (Å²) in [5, 5.41) is 8.90. The Labute approximate surface area is 133 Å². The van der Waals surface area contributed by atoms with Gasteiger partial charge in [-0.25, -0.2) is 4.79 Å². The van der Waals surface area contributed by atoms with E-state index in [0.29, 0.717) is 6.42 Å². The molecule has 0 rings (SSSR count). The second-order valence-electron chi connectivity index (χ2n) is 7.46. The smallest absolute Gasteiger partial charge is 0.330 e. The van der Waals surface area contributed by atoms with Gasteiger partial charge >= 0.3 is 14.5 Å². The van der Waals surface area contributed by atoms with Crippen LogP contribution in [0.25, 0.3) is 0 Å². The zero-order valence-electron chi connectivity index (χ0n) is 14.7. The lowest BCUT2D eigenvalue weighted by Crippen LogP contribution is -2.54. The van der Waals surface area contributed by atoms with Crippen molar-refractivity contribution in [3.63, 3.8) is 0 Å². The molecule has 21 heavy (non-hydrogen) atoms. The van der Waals surface area contributed by atoms with E-state index in [0.717, 1.165) is 18.5 Å². The van der Waals surface area contributed by atoms with Gasteiger partial charge in [0.2, 0.25) is 0 Å². The third-order valence-corrected chi connectivity index (χ3v) is 12.9. The minimum absolute atomic E-state index is 0.273. The SMILES string of the molecule is C=C(CCC[Si](CC)(O[Si](C)(C)C)O[Si](C)(C)C)C(=O)O. The highest BCUT2D eigenvalue weighted by Gasteiger charge is 2.42. The molecule has 0 atom stereocenters. The number of aliphatic carboxylic acids is 1. The van der Waals surface area contributed by atoms with Gasteiger partial charge in [0.05, 0.1) is 0 Å². The van der Waals surface area contributed by atoms with Crippen LogP contribution in [0.4, 0.5) is 0 Å². The van der Waals surface area contributed by atoms with Crippen molar-refractivity contribution in [1.29, 1.82) is 0 Å². The van der Waals surface area contributed by atoms with E-state index in [2.05, 4.69) is 52.8 Å². The molecule has 0 saturated carbocycles. The number of carboxylic acids is 1. The number of hydrogen-bond acceptors (Lipinski definition) is 3. The fraction of sp³-hybridized carbons (Fsp3) is 0.786. The lowest BCUT2D eigenvalue weighted by atomic mass is 10.2. The molecule has 0 radical (unpaired) electrons. The summed E-state index contributed by atoms with van der Waals surface area (Å²) in [7, 11) is -5.64. The minimum Gasteiger partial charge on any atom is -0.478 e. The van der Waals surface area contributed by atoms with E-state index in [9.17, 15) is 4.79 Å². The second-order valence-corrected chi connectivity index (χ2v) is 20.6. The van der Waals surface area contributed by atoms with E-state index in [1.54, 1.807) is 0 Å². The third kappa shape index (κ3) is 9.41. The van der Waals surface area contributed by atoms with Crippen molar-refractivity contribution < 1.29 is 18.1 Å². The summed E-state index contributed by atoms with van der Waals surface area (Å²) >= 11 is 0. The van der Waals surface area contributed by atoms with Crippen LogP contribution in [-0.2, 0) is 13.0 Å². The molecule has 0 fully saturated rings. The molecule has 0 aliphatic rings. The van der Waals surface area contributed by atoms with Gasteiger partial charge in [0, 0.05) is 5.57 Å². The van der Waals surface area contributed by atoms with E-state index in [4.69, 9.17) is 13.3 Å². The molecule has 0 aromatic rings. The fourth-order valence-corrected chi connectivity index (χ4v) is 14.7. The minimum atomic E-state index is -2.25. The summed E-state index contributed by atoms with van der Waals surface area (Å²) in [6.45, 7) is 18.9. The Hall–Kier alpha value is -0.219. The number of carboxylic acid groups (broad SMARTS) is 1. The van der Waals surface area contributed by atoms with Gasteiger partial charge in [-0.05, 0) is 64.2 Å². The molecule has 124 valence electrons. The Kier molecular flexibility index (Phi) is 7.78. The van der Waals surface area contributed by atoms with Crippen LogP contribution < -0.4 is 0 Å². The quantitative estimate of drug-likeness (QED) is 0.464. The Balaban J connectivity index is 4.94. The van der Waals surface area contributed by atoms with Crippen LogP contribution in [0.5, 0.6) is 0 Å². The molecule has 0 aromatic heterocycles. The Morgan fingerprint density at radius 2 is 1.48 bits per heavy atom. The maximum atomic E-state index is 10.8. The molecule has 0 aromatic carbocycles. The van der Waals surface area contributed by atoms with Gasteiger partial charge in [0.25, 0.3) is 0 Å². The summed E-state index contributed by atoms with van der Waals surface area (Å²) in [6, 6.07) is 1.77. The summed E-state index contributed by atoms with van der Waals surface area (Å²) in [5.74, 6) is -0.906. The lowest BCUT2D eigenvalue weighted by molar-refractivity contribution is -0.132. The molecule has 7 heteroatoms. The third-order valence-electron chi connectivity index (χ3n) is 2.86. The Bertz CT molecular complexity index is 353. The molecule has 0 heterocycles. The highest BCUT2D eigenvalue weighted by Crippen LogP contribution is 2.29. The maximum Gasteiger partial charge on any atom is 0.330 e. The highest BCUT2D eigenvalue weighted by atomic mass is 28.5. The molecular weight excluding hydrogens is 316 g/mol. The van der Waals surface area contributed by atoms with Crippen molar-refractivity contribution in [2.75, 3.05) is 0 Å². The van der Waals surface area contributed by atoms with Crippen molar-refractivity contribution in [2.24, 2.45) is 0 Å². The maximum absolute atomic E-state index is 10.8. The summed E-state index contributed by atoms with van der Waals surface area (Å²) < 4.78 is 13.0. The summed E-state index contributed by atoms with van der Waals surface area (Å²) in [5.41, 5.74) is 0.273. The Morgan fingerprint density at radius 1 is 1.05 bits per heavy atom. The van der Waals surface area contributed by atoms with E-state index >= 15 is 0 Å². The average Bonchev–Trinajstić information content (AvgIpc) is 2.23. The van der Waals surface area contributed by atoms with E-state index < -0.39 is 31.2 Å². The first-order valence-corrected chi connectivity index (χ1v) is 16.7. The topological polar surface area (TPSA) is 55.8 Å². The van der Waals surface area contributed by atoms with Crippen molar-refractivity contribution >= 4 is 31.2 Å². The summed E-state index contributed by atoms with van der Waals surface area (Å²) in [6.07, 6.45) is 1.29. The molecule has 0 spiro atoms. The zero-order valence-corrected chi connectivity index (χ0v) is 17.7. The molecular formula is C14H32O4Si3. The van der Waals surface area contributed by atoms with Gasteiger partial charge in [-0.15, -0.1) is 0 Å². The van der Waals surface area contributed by atoms with Gasteiger partial charge < -0.3 is 13.3 Å². The van der Waals surface area contributed by atoms with Gasteiger partial charge in [-0.2, -0.15) is 0 Å². The van der Waals surface area contributed by atoms with Crippen LogP contribution in [0.3, 0.4) is 0 Å². The Morgan fingerprint density at radius 3 is 1.76 bits per heavy atom. The molecule has 0 amide bonds. The van der Waals surface area contributed by atoms with Crippen molar-refractivity contribution in [3.05, 3.63) is 12.2 Å². The first-order valence-electron chi connectivity index (χ1n) is 7.62. The van der Waals surface area contributed by atoms with Crippen molar-refractivity contribution in [2.45, 2.75) is 71.1 Å². The standard InChI is InChI=1S/C14H32O4Si3/c1-9-21(17-19(3,4)5,18-20(6,7)8)12-10-11-13(2)14(15)16/h2,9-12H2,1,3-8H3,(H,15,16). The van der Waals surface area contributed by atoms with Crippen molar-refractivity contribution in [3.8, 4) is 0 Å². The van der Waals surface area contributed by atoms with Gasteiger partial charge in [0.1, 0.15) is 0 Å². The molecule has 0 bridgehead atoms. The largest absolute Gasteiger partial charge is 0.478 e. The van der Waals surface area contributed by atoms with E-state index in [-0.39, 0.29) is 5.57 Å². The van der Waals surface area contributed by atoms with Crippen LogP contribution in [0.1, 0.15) is 19.8 Å². The van der Waals surface area contributed by atoms with Crippen LogP contribution >= 0.6 is 0 Å². The highest BCUT2D eigenvalue weighted by molar-refractivity contribution is 6.88. The van der Waals surface area contributed by atoms with Crippen LogP contribution in [-0.4, -0.2) is 36.3 Å². The predicted octanol–water partition coefficient (Wildman–Crippen LogP) is 4.57. The normalized spacial score (nSPS) is 13.3. The van der Waals surface area contributed by atoms with Crippen LogP contribution in [0.2, 0.25) is 51.4 Å². The molecule has 0 aliphatic heterocycles. The van der Waals surface area contributed by atoms with Crippen molar-refractivity contribution in [1.82, 2.24) is 0 Å². The molecule has 4 nitrogen and oxygen atoms in total. The molecule has 0 unspecified atom stereocenters. The number of carbonyl (C=O) groups is 1. The van der Waals surface area contributed by atoms with E-state index in [1.165, 1.54) is 0 Å². The van der Waals surface area contributed by atoms with Crippen LogP contribution in [0.15, 0.2) is 12.2 Å². The molecule has 0 aliphatic carbocycles. The monoisotopic (exact) mass is 348 g/mol. The molecule has 1 N–H and O–H groups in total. The second kappa shape index (κ2) is 7.87. The lowest BCUT2D eigenvalue weighted by Gasteiger charge is -2.40. The predicted molar refractivity (Wildman–Crippen MR) is 95.9 cm³/mol. The average molecular weight is 349 g/mol. The fourth-order valence-electron chi connectivity index (χ4n) is 2.24. The van der Waals surface area contributed by atoms with E-state index in [1.807, 2.05) is 0 Å². The van der Waals surface area contributed by atoms with Gasteiger partial charge in [0.15, 0.2) is 16.6 Å². The molecule has 0 saturated heterocycles. The number of rotatable bonds is 10. The zero-order chi connectivity index (χ0) is 16.9. The van der Waals surface area contributed by atoms with Gasteiger partial charge in [-0.1, -0.05) is 13.5 Å². The summed E-state index contributed by atoms with van der Waals surface area (Å²) in [4.78, 5) is 10.8. The first-order chi connectivity index (χ1) is 9.30.